The Kier molecular flexibility index (Phi) is 3.30. The quantitative estimate of drug-likeness (QED) is 0.671. The standard InChI is InChI=1S/C7H12N4OS/c1-5(9-6(12)3-13)7-10-8-4-11(7)2/h4-5,13H,3H2,1-2H3,(H,9,12). The number of hydrogen-bond acceptors (Lipinski definition) is 4. The van der Waals surface area contributed by atoms with Gasteiger partial charge < -0.3 is 9.88 Å². The first-order valence-electron chi connectivity index (χ1n) is 3.89. The van der Waals surface area contributed by atoms with Gasteiger partial charge in [-0.15, -0.1) is 10.2 Å². The average molecular weight is 200 g/mol. The second-order valence-corrected chi connectivity index (χ2v) is 3.06. The van der Waals surface area contributed by atoms with Crippen LogP contribution in [-0.2, 0) is 11.8 Å². The third-order valence-corrected chi connectivity index (χ3v) is 1.94. The number of amides is 1. The fourth-order valence-electron chi connectivity index (χ4n) is 1.04. The summed E-state index contributed by atoms with van der Waals surface area (Å²) in [4.78, 5) is 11.0. The Hall–Kier alpha value is -1.04. The minimum Gasteiger partial charge on any atom is -0.346 e. The zero-order valence-corrected chi connectivity index (χ0v) is 8.45. The molecule has 0 aliphatic heterocycles. The fraction of sp³-hybridized carbons (Fsp3) is 0.571. The Labute approximate surface area is 81.9 Å². The maximum Gasteiger partial charge on any atom is 0.230 e. The molecule has 5 nitrogen and oxygen atoms in total. The van der Waals surface area contributed by atoms with Crippen molar-refractivity contribution in [2.24, 2.45) is 7.05 Å². The molecular weight excluding hydrogens is 188 g/mol. The molecule has 0 fully saturated rings. The molecule has 1 atom stereocenters. The maximum atomic E-state index is 11.0. The first-order chi connectivity index (χ1) is 6.15. The monoisotopic (exact) mass is 200 g/mol. The van der Waals surface area contributed by atoms with E-state index in [1.165, 1.54) is 0 Å². The van der Waals surface area contributed by atoms with Gasteiger partial charge in [-0.05, 0) is 6.92 Å². The Morgan fingerprint density at radius 3 is 3.00 bits per heavy atom. The average Bonchev–Trinajstić information content (AvgIpc) is 2.51. The number of thiol groups is 1. The Bertz CT molecular complexity index is 298. The van der Waals surface area contributed by atoms with Crippen molar-refractivity contribution in [2.45, 2.75) is 13.0 Å². The summed E-state index contributed by atoms with van der Waals surface area (Å²) in [5, 5.41) is 10.3. The van der Waals surface area contributed by atoms with Crippen LogP contribution in [0.1, 0.15) is 18.8 Å². The van der Waals surface area contributed by atoms with E-state index in [4.69, 9.17) is 0 Å². The van der Waals surface area contributed by atoms with E-state index in [9.17, 15) is 4.79 Å². The van der Waals surface area contributed by atoms with E-state index >= 15 is 0 Å². The van der Waals surface area contributed by atoms with Crippen molar-refractivity contribution in [2.75, 3.05) is 5.75 Å². The molecule has 13 heavy (non-hydrogen) atoms. The van der Waals surface area contributed by atoms with Crippen molar-refractivity contribution in [1.82, 2.24) is 20.1 Å². The third kappa shape index (κ3) is 2.45. The van der Waals surface area contributed by atoms with Crippen molar-refractivity contribution >= 4 is 18.5 Å². The highest BCUT2D eigenvalue weighted by Crippen LogP contribution is 2.06. The Morgan fingerprint density at radius 2 is 2.54 bits per heavy atom. The van der Waals surface area contributed by atoms with Crippen LogP contribution < -0.4 is 5.32 Å². The van der Waals surface area contributed by atoms with E-state index in [0.717, 1.165) is 5.82 Å². The Morgan fingerprint density at radius 1 is 1.85 bits per heavy atom. The van der Waals surface area contributed by atoms with E-state index < -0.39 is 0 Å². The highest BCUT2D eigenvalue weighted by molar-refractivity contribution is 7.81. The molecule has 1 unspecified atom stereocenters. The summed E-state index contributed by atoms with van der Waals surface area (Å²) < 4.78 is 1.77. The van der Waals surface area contributed by atoms with Gasteiger partial charge in [-0.2, -0.15) is 12.6 Å². The van der Waals surface area contributed by atoms with Crippen LogP contribution in [-0.4, -0.2) is 26.4 Å². The molecule has 1 rings (SSSR count). The molecule has 0 saturated carbocycles. The van der Waals surface area contributed by atoms with E-state index in [1.807, 2.05) is 14.0 Å². The minimum absolute atomic E-state index is 0.112. The van der Waals surface area contributed by atoms with Gasteiger partial charge >= 0.3 is 0 Å². The summed E-state index contributed by atoms with van der Waals surface area (Å²) in [5.41, 5.74) is 0. The second-order valence-electron chi connectivity index (χ2n) is 2.75. The Balaban J connectivity index is 2.63. The van der Waals surface area contributed by atoms with Gasteiger partial charge in [0.1, 0.15) is 6.33 Å². The molecule has 1 N–H and O–H groups in total. The van der Waals surface area contributed by atoms with Crippen LogP contribution in [0.2, 0.25) is 0 Å². The van der Waals surface area contributed by atoms with E-state index in [1.54, 1.807) is 10.9 Å². The van der Waals surface area contributed by atoms with Crippen LogP contribution >= 0.6 is 12.6 Å². The molecule has 0 aliphatic carbocycles. The third-order valence-electron chi connectivity index (χ3n) is 1.65. The molecule has 1 aromatic heterocycles. The molecule has 0 saturated heterocycles. The second kappa shape index (κ2) is 4.27. The van der Waals surface area contributed by atoms with Gasteiger partial charge in [0.2, 0.25) is 5.91 Å². The number of aromatic nitrogens is 3. The molecule has 0 spiro atoms. The summed E-state index contributed by atoms with van der Waals surface area (Å²) in [6, 6.07) is -0.132. The number of aryl methyl sites for hydroxylation is 1. The summed E-state index contributed by atoms with van der Waals surface area (Å²) in [6.07, 6.45) is 1.60. The molecule has 1 amide bonds. The van der Waals surface area contributed by atoms with Gasteiger partial charge in [0, 0.05) is 7.05 Å². The van der Waals surface area contributed by atoms with Gasteiger partial charge in [0.15, 0.2) is 5.82 Å². The first-order valence-corrected chi connectivity index (χ1v) is 4.52. The van der Waals surface area contributed by atoms with Crippen molar-refractivity contribution in [1.29, 1.82) is 0 Å². The lowest BCUT2D eigenvalue weighted by atomic mass is 10.3. The zero-order valence-electron chi connectivity index (χ0n) is 7.56. The highest BCUT2D eigenvalue weighted by atomic mass is 32.1. The van der Waals surface area contributed by atoms with E-state index in [0.29, 0.717) is 0 Å². The molecule has 0 aromatic carbocycles. The van der Waals surface area contributed by atoms with E-state index in [-0.39, 0.29) is 17.7 Å². The maximum absolute atomic E-state index is 11.0. The number of carbonyl (C=O) groups excluding carboxylic acids is 1. The van der Waals surface area contributed by atoms with Crippen molar-refractivity contribution in [3.05, 3.63) is 12.2 Å². The zero-order chi connectivity index (χ0) is 9.84. The van der Waals surface area contributed by atoms with Crippen LogP contribution in [0.3, 0.4) is 0 Å². The predicted molar refractivity (Wildman–Crippen MR) is 51.4 cm³/mol. The van der Waals surface area contributed by atoms with Crippen molar-refractivity contribution < 1.29 is 4.79 Å². The van der Waals surface area contributed by atoms with Crippen molar-refractivity contribution in [3.63, 3.8) is 0 Å². The van der Waals surface area contributed by atoms with Crippen LogP contribution in [0.4, 0.5) is 0 Å². The normalized spacial score (nSPS) is 12.5. The molecule has 0 bridgehead atoms. The molecule has 72 valence electrons. The van der Waals surface area contributed by atoms with Gasteiger partial charge in [0.25, 0.3) is 0 Å². The summed E-state index contributed by atoms with van der Waals surface area (Å²) in [5.74, 6) is 0.802. The molecule has 0 aliphatic rings. The van der Waals surface area contributed by atoms with Crippen LogP contribution in [0.5, 0.6) is 0 Å². The van der Waals surface area contributed by atoms with Gasteiger partial charge in [-0.25, -0.2) is 0 Å². The van der Waals surface area contributed by atoms with Gasteiger partial charge in [-0.1, -0.05) is 0 Å². The number of rotatable bonds is 3. The van der Waals surface area contributed by atoms with Crippen LogP contribution in [0.15, 0.2) is 6.33 Å². The van der Waals surface area contributed by atoms with Crippen LogP contribution in [0.25, 0.3) is 0 Å². The summed E-state index contributed by atoms with van der Waals surface area (Å²) >= 11 is 3.86. The lowest BCUT2D eigenvalue weighted by Crippen LogP contribution is -2.29. The molecule has 0 radical (unpaired) electrons. The van der Waals surface area contributed by atoms with Crippen molar-refractivity contribution in [3.8, 4) is 0 Å². The SMILES string of the molecule is CC(NC(=O)CS)c1nncn1C. The number of nitrogens with one attached hydrogen (secondary N) is 1. The number of nitrogens with zero attached hydrogens (tertiary/aromatic N) is 3. The molecule has 1 aromatic rings. The van der Waals surface area contributed by atoms with E-state index in [2.05, 4.69) is 28.1 Å². The molecule has 6 heteroatoms. The van der Waals surface area contributed by atoms with Gasteiger partial charge in [-0.3, -0.25) is 4.79 Å². The first kappa shape index (κ1) is 10.0. The number of carbonyl (C=O) groups is 1. The molecular formula is C7H12N4OS. The predicted octanol–water partition coefficient (Wildman–Crippen LogP) is -0.0779. The summed E-state index contributed by atoms with van der Waals surface area (Å²) in [6.45, 7) is 1.85. The largest absolute Gasteiger partial charge is 0.346 e. The minimum atomic E-state index is -0.132. The lowest BCUT2D eigenvalue weighted by molar-refractivity contribution is -0.119. The molecule has 1 heterocycles. The van der Waals surface area contributed by atoms with Crippen LogP contribution in [0, 0.1) is 0 Å². The summed E-state index contributed by atoms with van der Waals surface area (Å²) in [7, 11) is 1.83. The fourth-order valence-corrected chi connectivity index (χ4v) is 1.13. The highest BCUT2D eigenvalue weighted by Gasteiger charge is 2.12. The topological polar surface area (TPSA) is 59.8 Å². The lowest BCUT2D eigenvalue weighted by Gasteiger charge is -2.11. The van der Waals surface area contributed by atoms with Gasteiger partial charge in [0.05, 0.1) is 11.8 Å². The number of hydrogen-bond donors (Lipinski definition) is 2. The smallest absolute Gasteiger partial charge is 0.230 e.